The van der Waals surface area contributed by atoms with E-state index in [9.17, 15) is 9.18 Å². The number of carbonyl (C=O) groups excluding carboxylic acids is 1. The Balaban J connectivity index is 2.69. The molecule has 0 fully saturated rings. The van der Waals surface area contributed by atoms with Gasteiger partial charge in [0.15, 0.2) is 0 Å². The van der Waals surface area contributed by atoms with Crippen LogP contribution in [-0.2, 0) is 11.3 Å². The zero-order chi connectivity index (χ0) is 14.3. The number of anilines is 1. The van der Waals surface area contributed by atoms with Crippen LogP contribution < -0.4 is 11.1 Å². The second-order valence-corrected chi connectivity index (χ2v) is 4.75. The maximum atomic E-state index is 13.7. The molecule has 0 saturated heterocycles. The fourth-order valence-corrected chi connectivity index (χ4v) is 1.99. The van der Waals surface area contributed by atoms with Gasteiger partial charge in [-0.25, -0.2) is 4.39 Å². The number of halogens is 1. The molecule has 1 amide bonds. The minimum Gasteiger partial charge on any atom is -0.326 e. The van der Waals surface area contributed by atoms with Gasteiger partial charge in [-0.2, -0.15) is 0 Å². The molecular weight excluding hydrogens is 243 g/mol. The lowest BCUT2D eigenvalue weighted by atomic mass is 9.98. The van der Waals surface area contributed by atoms with Gasteiger partial charge in [0.2, 0.25) is 5.91 Å². The van der Waals surface area contributed by atoms with Crippen molar-refractivity contribution >= 4 is 11.6 Å². The van der Waals surface area contributed by atoms with Crippen molar-refractivity contribution in [2.75, 3.05) is 5.32 Å². The molecular formula is C15H23FN2O. The second kappa shape index (κ2) is 7.89. The van der Waals surface area contributed by atoms with Crippen molar-refractivity contribution in [2.24, 2.45) is 11.7 Å². The maximum Gasteiger partial charge on any atom is 0.227 e. The largest absolute Gasteiger partial charge is 0.326 e. The Labute approximate surface area is 114 Å². The Bertz CT molecular complexity index is 421. The number of carbonyl (C=O) groups is 1. The molecule has 1 atom stereocenters. The molecule has 1 aromatic carbocycles. The molecule has 0 heterocycles. The first-order valence-electron chi connectivity index (χ1n) is 6.91. The van der Waals surface area contributed by atoms with Crippen LogP contribution >= 0.6 is 0 Å². The first kappa shape index (κ1) is 15.6. The first-order chi connectivity index (χ1) is 9.12. The van der Waals surface area contributed by atoms with E-state index in [-0.39, 0.29) is 17.5 Å². The van der Waals surface area contributed by atoms with E-state index >= 15 is 0 Å². The van der Waals surface area contributed by atoms with Gasteiger partial charge in [0, 0.05) is 12.5 Å². The van der Waals surface area contributed by atoms with E-state index in [1.54, 1.807) is 12.1 Å². The van der Waals surface area contributed by atoms with Crippen LogP contribution in [0.4, 0.5) is 10.1 Å². The van der Waals surface area contributed by atoms with E-state index in [2.05, 4.69) is 12.2 Å². The average Bonchev–Trinajstić information content (AvgIpc) is 2.42. The number of nitrogens with one attached hydrogen (secondary N) is 1. The molecule has 0 radical (unpaired) electrons. The summed E-state index contributed by atoms with van der Waals surface area (Å²) >= 11 is 0. The highest BCUT2D eigenvalue weighted by atomic mass is 19.1. The van der Waals surface area contributed by atoms with Crippen LogP contribution in [0.2, 0.25) is 0 Å². The van der Waals surface area contributed by atoms with Gasteiger partial charge in [0.05, 0.1) is 5.69 Å². The highest BCUT2D eigenvalue weighted by Gasteiger charge is 2.17. The third kappa shape index (κ3) is 4.63. The van der Waals surface area contributed by atoms with E-state index in [4.69, 9.17) is 5.73 Å². The van der Waals surface area contributed by atoms with Crippen molar-refractivity contribution < 1.29 is 9.18 Å². The fraction of sp³-hybridized carbons (Fsp3) is 0.533. The molecule has 4 heteroatoms. The van der Waals surface area contributed by atoms with Crippen molar-refractivity contribution in [1.29, 1.82) is 0 Å². The second-order valence-electron chi connectivity index (χ2n) is 4.75. The van der Waals surface area contributed by atoms with Gasteiger partial charge in [-0.15, -0.1) is 0 Å². The summed E-state index contributed by atoms with van der Waals surface area (Å²) in [4.78, 5) is 12.1. The molecule has 3 N–H and O–H groups in total. The van der Waals surface area contributed by atoms with E-state index in [0.717, 1.165) is 25.7 Å². The van der Waals surface area contributed by atoms with Crippen LogP contribution in [-0.4, -0.2) is 5.91 Å². The number of hydrogen-bond acceptors (Lipinski definition) is 2. The molecule has 0 saturated carbocycles. The monoisotopic (exact) mass is 266 g/mol. The molecule has 0 bridgehead atoms. The Morgan fingerprint density at radius 3 is 2.68 bits per heavy atom. The molecule has 0 spiro atoms. The van der Waals surface area contributed by atoms with Crippen LogP contribution in [0.25, 0.3) is 0 Å². The summed E-state index contributed by atoms with van der Waals surface area (Å²) in [6.45, 7) is 4.36. The number of unbranched alkanes of at least 4 members (excludes halogenated alkanes) is 1. The minimum absolute atomic E-state index is 0.0477. The zero-order valence-corrected chi connectivity index (χ0v) is 11.7. The van der Waals surface area contributed by atoms with E-state index in [0.29, 0.717) is 12.1 Å². The Kier molecular flexibility index (Phi) is 6.50. The predicted molar refractivity (Wildman–Crippen MR) is 76.2 cm³/mol. The molecule has 19 heavy (non-hydrogen) atoms. The smallest absolute Gasteiger partial charge is 0.227 e. The lowest BCUT2D eigenvalue weighted by molar-refractivity contribution is -0.120. The minimum atomic E-state index is -0.429. The molecule has 1 aromatic rings. The Morgan fingerprint density at radius 1 is 1.42 bits per heavy atom. The van der Waals surface area contributed by atoms with Crippen molar-refractivity contribution in [3.63, 3.8) is 0 Å². The van der Waals surface area contributed by atoms with Gasteiger partial charge in [0.25, 0.3) is 0 Å². The highest BCUT2D eigenvalue weighted by Crippen LogP contribution is 2.19. The summed E-state index contributed by atoms with van der Waals surface area (Å²) in [6, 6.07) is 4.66. The number of nitrogens with two attached hydrogens (primary N) is 1. The van der Waals surface area contributed by atoms with E-state index < -0.39 is 5.82 Å². The topological polar surface area (TPSA) is 55.1 Å². The molecule has 1 rings (SSSR count). The SMILES string of the molecule is CCCCC(CC)C(=O)Nc1ccc(CN)cc1F. The lowest BCUT2D eigenvalue weighted by Gasteiger charge is -2.15. The van der Waals surface area contributed by atoms with Crippen LogP contribution in [0.15, 0.2) is 18.2 Å². The number of benzene rings is 1. The van der Waals surface area contributed by atoms with Crippen molar-refractivity contribution in [2.45, 2.75) is 46.1 Å². The number of rotatable bonds is 7. The Hall–Kier alpha value is -1.42. The van der Waals surface area contributed by atoms with Crippen LogP contribution in [0.5, 0.6) is 0 Å². The van der Waals surface area contributed by atoms with Gasteiger partial charge in [-0.05, 0) is 30.5 Å². The molecule has 1 unspecified atom stereocenters. The summed E-state index contributed by atoms with van der Waals surface area (Å²) in [5.41, 5.74) is 6.39. The summed E-state index contributed by atoms with van der Waals surface area (Å²) in [5, 5.41) is 2.67. The van der Waals surface area contributed by atoms with Crippen molar-refractivity contribution in [3.8, 4) is 0 Å². The van der Waals surface area contributed by atoms with Crippen LogP contribution in [0.1, 0.15) is 45.1 Å². The summed E-state index contributed by atoms with van der Waals surface area (Å²) < 4.78 is 13.7. The van der Waals surface area contributed by atoms with Gasteiger partial charge in [-0.3, -0.25) is 4.79 Å². The molecule has 0 aliphatic rings. The first-order valence-corrected chi connectivity index (χ1v) is 6.91. The predicted octanol–water partition coefficient (Wildman–Crippen LogP) is 3.44. The van der Waals surface area contributed by atoms with Gasteiger partial charge in [0.1, 0.15) is 5.82 Å². The standard InChI is InChI=1S/C15H23FN2O/c1-3-5-6-12(4-2)15(19)18-14-8-7-11(10-17)9-13(14)16/h7-9,12H,3-6,10,17H2,1-2H3,(H,18,19). The third-order valence-electron chi connectivity index (χ3n) is 3.30. The van der Waals surface area contributed by atoms with E-state index in [1.807, 2.05) is 6.92 Å². The summed E-state index contributed by atoms with van der Waals surface area (Å²) in [5.74, 6) is -0.578. The Morgan fingerprint density at radius 2 is 2.16 bits per heavy atom. The lowest BCUT2D eigenvalue weighted by Crippen LogP contribution is -2.23. The van der Waals surface area contributed by atoms with Gasteiger partial charge in [-0.1, -0.05) is 32.8 Å². The van der Waals surface area contributed by atoms with E-state index in [1.165, 1.54) is 6.07 Å². The van der Waals surface area contributed by atoms with Crippen LogP contribution in [0.3, 0.4) is 0 Å². The highest BCUT2D eigenvalue weighted by molar-refractivity contribution is 5.92. The quantitative estimate of drug-likeness (QED) is 0.794. The van der Waals surface area contributed by atoms with Gasteiger partial charge >= 0.3 is 0 Å². The molecule has 0 aliphatic carbocycles. The number of amides is 1. The summed E-state index contributed by atoms with van der Waals surface area (Å²) in [7, 11) is 0. The number of hydrogen-bond donors (Lipinski definition) is 2. The average molecular weight is 266 g/mol. The zero-order valence-electron chi connectivity index (χ0n) is 11.7. The fourth-order valence-electron chi connectivity index (χ4n) is 1.99. The normalized spacial score (nSPS) is 12.2. The maximum absolute atomic E-state index is 13.7. The molecule has 106 valence electrons. The summed E-state index contributed by atoms with van der Waals surface area (Å²) in [6.07, 6.45) is 3.69. The van der Waals surface area contributed by atoms with Gasteiger partial charge < -0.3 is 11.1 Å². The molecule has 3 nitrogen and oxygen atoms in total. The van der Waals surface area contributed by atoms with Crippen molar-refractivity contribution in [3.05, 3.63) is 29.6 Å². The van der Waals surface area contributed by atoms with Crippen LogP contribution in [0, 0.1) is 11.7 Å². The molecule has 0 aliphatic heterocycles. The third-order valence-corrected chi connectivity index (χ3v) is 3.30. The van der Waals surface area contributed by atoms with Crippen molar-refractivity contribution in [1.82, 2.24) is 0 Å². The molecule has 0 aromatic heterocycles.